The minimum Gasteiger partial charge on any atom is -0.366 e. The van der Waals surface area contributed by atoms with Crippen LogP contribution in [0.25, 0.3) is 0 Å². The number of benzene rings is 1. The summed E-state index contributed by atoms with van der Waals surface area (Å²) in [6.07, 6.45) is 4.07. The zero-order valence-corrected chi connectivity index (χ0v) is 11.3. The molecule has 1 aromatic carbocycles. The number of nitrogens with one attached hydrogen (secondary N) is 2. The minimum absolute atomic E-state index is 0.687. The third kappa shape index (κ3) is 4.58. The van der Waals surface area contributed by atoms with Crippen molar-refractivity contribution in [3.63, 3.8) is 0 Å². The third-order valence-electron chi connectivity index (χ3n) is 2.79. The average molecular weight is 256 g/mol. The van der Waals surface area contributed by atoms with E-state index in [2.05, 4.69) is 39.7 Å². The van der Waals surface area contributed by atoms with E-state index in [1.807, 2.05) is 24.3 Å². The van der Waals surface area contributed by atoms with Crippen LogP contribution < -0.4 is 10.6 Å². The predicted molar refractivity (Wildman–Crippen MR) is 79.2 cm³/mol. The first kappa shape index (κ1) is 13.3. The molecule has 100 valence electrons. The molecule has 0 amide bonds. The van der Waals surface area contributed by atoms with Crippen LogP contribution in [0.5, 0.6) is 0 Å². The van der Waals surface area contributed by atoms with E-state index in [0.717, 1.165) is 25.3 Å². The zero-order chi connectivity index (χ0) is 13.3. The standard InChI is InChI=1S/C15H20N4/c1-2-3-10-16-15-17-11-9-14(19-15)18-12-13-7-5-4-6-8-13/h4-9,11H,2-3,10,12H2,1H3,(H2,16,17,18,19). The summed E-state index contributed by atoms with van der Waals surface area (Å²) in [6, 6.07) is 12.2. The van der Waals surface area contributed by atoms with Gasteiger partial charge in [-0.15, -0.1) is 0 Å². The maximum atomic E-state index is 4.43. The van der Waals surface area contributed by atoms with Crippen molar-refractivity contribution >= 4 is 11.8 Å². The van der Waals surface area contributed by atoms with E-state index in [9.17, 15) is 0 Å². The Morgan fingerprint density at radius 2 is 1.89 bits per heavy atom. The Morgan fingerprint density at radius 1 is 1.05 bits per heavy atom. The highest BCUT2D eigenvalue weighted by Gasteiger charge is 1.98. The molecule has 0 unspecified atom stereocenters. The Bertz CT molecular complexity index is 485. The molecule has 0 aliphatic carbocycles. The molecule has 4 nitrogen and oxygen atoms in total. The molecular weight excluding hydrogens is 236 g/mol. The van der Waals surface area contributed by atoms with Gasteiger partial charge in [0.25, 0.3) is 0 Å². The Labute approximate surface area is 114 Å². The lowest BCUT2D eigenvalue weighted by Gasteiger charge is -2.08. The zero-order valence-electron chi connectivity index (χ0n) is 11.3. The van der Waals surface area contributed by atoms with Crippen LogP contribution in [0, 0.1) is 0 Å². The lowest BCUT2D eigenvalue weighted by atomic mass is 10.2. The third-order valence-corrected chi connectivity index (χ3v) is 2.79. The van der Waals surface area contributed by atoms with Crippen LogP contribution in [0.2, 0.25) is 0 Å². The molecule has 0 aliphatic heterocycles. The minimum atomic E-state index is 0.687. The second kappa shape index (κ2) is 7.36. The fourth-order valence-electron chi connectivity index (χ4n) is 1.71. The van der Waals surface area contributed by atoms with E-state index in [1.165, 1.54) is 12.0 Å². The summed E-state index contributed by atoms with van der Waals surface area (Å²) in [6.45, 7) is 3.85. The highest BCUT2D eigenvalue weighted by Crippen LogP contribution is 2.08. The Kier molecular flexibility index (Phi) is 5.17. The molecule has 0 spiro atoms. The topological polar surface area (TPSA) is 49.8 Å². The monoisotopic (exact) mass is 256 g/mol. The van der Waals surface area contributed by atoms with Gasteiger partial charge >= 0.3 is 0 Å². The van der Waals surface area contributed by atoms with Gasteiger partial charge in [0.1, 0.15) is 5.82 Å². The highest BCUT2D eigenvalue weighted by molar-refractivity contribution is 5.40. The molecule has 19 heavy (non-hydrogen) atoms. The van der Waals surface area contributed by atoms with E-state index < -0.39 is 0 Å². The van der Waals surface area contributed by atoms with Gasteiger partial charge in [-0.25, -0.2) is 4.98 Å². The SMILES string of the molecule is CCCCNc1nccc(NCc2ccccc2)n1. The van der Waals surface area contributed by atoms with Crippen molar-refractivity contribution in [2.75, 3.05) is 17.2 Å². The van der Waals surface area contributed by atoms with E-state index in [4.69, 9.17) is 0 Å². The highest BCUT2D eigenvalue weighted by atomic mass is 15.1. The van der Waals surface area contributed by atoms with Crippen molar-refractivity contribution in [1.29, 1.82) is 0 Å². The largest absolute Gasteiger partial charge is 0.366 e. The molecule has 2 aromatic rings. The Balaban J connectivity index is 1.88. The maximum absolute atomic E-state index is 4.43. The van der Waals surface area contributed by atoms with E-state index >= 15 is 0 Å². The van der Waals surface area contributed by atoms with Gasteiger partial charge in [0, 0.05) is 19.3 Å². The van der Waals surface area contributed by atoms with Gasteiger partial charge in [-0.2, -0.15) is 4.98 Å². The van der Waals surface area contributed by atoms with Gasteiger partial charge in [0.15, 0.2) is 0 Å². The lowest BCUT2D eigenvalue weighted by molar-refractivity contribution is 0.826. The van der Waals surface area contributed by atoms with Crippen molar-refractivity contribution in [2.45, 2.75) is 26.3 Å². The molecule has 1 aromatic heterocycles. The van der Waals surface area contributed by atoms with Crippen LogP contribution >= 0.6 is 0 Å². The number of aromatic nitrogens is 2. The molecular formula is C15H20N4. The first-order valence-electron chi connectivity index (χ1n) is 6.73. The van der Waals surface area contributed by atoms with E-state index in [-0.39, 0.29) is 0 Å². The number of hydrogen-bond acceptors (Lipinski definition) is 4. The van der Waals surface area contributed by atoms with Crippen molar-refractivity contribution in [1.82, 2.24) is 9.97 Å². The summed E-state index contributed by atoms with van der Waals surface area (Å²) >= 11 is 0. The van der Waals surface area contributed by atoms with E-state index in [1.54, 1.807) is 6.20 Å². The van der Waals surface area contributed by atoms with Crippen LogP contribution in [-0.4, -0.2) is 16.5 Å². The van der Waals surface area contributed by atoms with Gasteiger partial charge in [-0.3, -0.25) is 0 Å². The molecule has 1 heterocycles. The molecule has 0 saturated carbocycles. The van der Waals surface area contributed by atoms with Crippen molar-refractivity contribution in [3.8, 4) is 0 Å². The molecule has 0 bridgehead atoms. The molecule has 4 heteroatoms. The molecule has 0 atom stereocenters. The predicted octanol–water partition coefficient (Wildman–Crippen LogP) is 3.30. The summed E-state index contributed by atoms with van der Waals surface area (Å²) < 4.78 is 0. The van der Waals surface area contributed by atoms with Gasteiger partial charge in [0.2, 0.25) is 5.95 Å². The van der Waals surface area contributed by atoms with Crippen molar-refractivity contribution < 1.29 is 0 Å². The first-order valence-corrected chi connectivity index (χ1v) is 6.73. The average Bonchev–Trinajstić information content (AvgIpc) is 2.47. The van der Waals surface area contributed by atoms with Crippen LogP contribution in [0.1, 0.15) is 25.3 Å². The first-order chi connectivity index (χ1) is 9.38. The second-order valence-electron chi connectivity index (χ2n) is 4.38. The molecule has 2 rings (SSSR count). The quantitative estimate of drug-likeness (QED) is 0.746. The summed E-state index contributed by atoms with van der Waals surface area (Å²) in [4.78, 5) is 8.63. The summed E-state index contributed by atoms with van der Waals surface area (Å²) in [5, 5.41) is 6.52. The summed E-state index contributed by atoms with van der Waals surface area (Å²) in [7, 11) is 0. The summed E-state index contributed by atoms with van der Waals surface area (Å²) in [5.74, 6) is 1.53. The van der Waals surface area contributed by atoms with Crippen LogP contribution in [0.15, 0.2) is 42.6 Å². The number of anilines is 2. The van der Waals surface area contributed by atoms with Gasteiger partial charge in [-0.1, -0.05) is 43.7 Å². The normalized spacial score (nSPS) is 10.2. The number of nitrogens with zero attached hydrogens (tertiary/aromatic N) is 2. The molecule has 0 aliphatic rings. The lowest BCUT2D eigenvalue weighted by Crippen LogP contribution is -2.07. The second-order valence-corrected chi connectivity index (χ2v) is 4.38. The molecule has 2 N–H and O–H groups in total. The van der Waals surface area contributed by atoms with Crippen LogP contribution in [0.4, 0.5) is 11.8 Å². The fraction of sp³-hybridized carbons (Fsp3) is 0.333. The van der Waals surface area contributed by atoms with Gasteiger partial charge in [-0.05, 0) is 18.1 Å². The van der Waals surface area contributed by atoms with Gasteiger partial charge < -0.3 is 10.6 Å². The summed E-state index contributed by atoms with van der Waals surface area (Å²) in [5.41, 5.74) is 1.24. The Hall–Kier alpha value is -2.10. The van der Waals surface area contributed by atoms with Crippen LogP contribution in [-0.2, 0) is 6.54 Å². The number of unbranched alkanes of at least 4 members (excludes halogenated alkanes) is 1. The van der Waals surface area contributed by atoms with Crippen molar-refractivity contribution in [3.05, 3.63) is 48.2 Å². The number of rotatable bonds is 7. The molecule has 0 radical (unpaired) electrons. The number of hydrogen-bond donors (Lipinski definition) is 2. The smallest absolute Gasteiger partial charge is 0.224 e. The molecule has 0 saturated heterocycles. The maximum Gasteiger partial charge on any atom is 0.224 e. The molecule has 0 fully saturated rings. The van der Waals surface area contributed by atoms with Gasteiger partial charge in [0.05, 0.1) is 0 Å². The van der Waals surface area contributed by atoms with Crippen LogP contribution in [0.3, 0.4) is 0 Å². The Morgan fingerprint density at radius 3 is 2.68 bits per heavy atom. The van der Waals surface area contributed by atoms with Crippen molar-refractivity contribution in [2.24, 2.45) is 0 Å². The fourth-order valence-corrected chi connectivity index (χ4v) is 1.71. The van der Waals surface area contributed by atoms with E-state index in [0.29, 0.717) is 5.95 Å².